The Hall–Kier alpha value is -1.27. The molecule has 1 saturated carbocycles. The van der Waals surface area contributed by atoms with E-state index in [1.807, 2.05) is 25.4 Å². The van der Waals surface area contributed by atoms with Crippen molar-refractivity contribution in [3.8, 4) is 0 Å². The molecule has 3 rings (SSSR count). The highest BCUT2D eigenvalue weighted by atomic mass is 79.9. The molecule has 0 amide bonds. The van der Waals surface area contributed by atoms with Crippen molar-refractivity contribution in [3.63, 3.8) is 0 Å². The SMILES string of the molecule is CN1C=C(Br)C=C(Nc2cc(C3CC3)[nH]n2)C1O. The van der Waals surface area contributed by atoms with Crippen molar-refractivity contribution in [3.05, 3.63) is 34.2 Å². The predicted octanol–water partition coefficient (Wildman–Crippen LogP) is 2.08. The molecule has 1 aromatic rings. The number of anilines is 1. The summed E-state index contributed by atoms with van der Waals surface area (Å²) in [5.41, 5.74) is 1.88. The number of aromatic nitrogens is 2. The Labute approximate surface area is 114 Å². The molecule has 0 radical (unpaired) electrons. The lowest BCUT2D eigenvalue weighted by molar-refractivity contribution is 0.0868. The molecule has 1 aromatic heterocycles. The van der Waals surface area contributed by atoms with Crippen molar-refractivity contribution >= 4 is 21.7 Å². The Morgan fingerprint density at radius 2 is 2.33 bits per heavy atom. The number of aliphatic hydroxyl groups is 1. The highest BCUT2D eigenvalue weighted by Gasteiger charge is 2.26. The molecular formula is C12H15BrN4O. The molecule has 96 valence electrons. The van der Waals surface area contributed by atoms with Crippen LogP contribution >= 0.6 is 15.9 Å². The van der Waals surface area contributed by atoms with E-state index in [0.717, 1.165) is 10.3 Å². The summed E-state index contributed by atoms with van der Waals surface area (Å²) in [5, 5.41) is 20.4. The standard InChI is InChI=1S/C12H15BrN4O/c1-17-6-8(13)4-10(12(17)18)14-11-5-9(15-16-11)7-2-3-7/h4-7,12,18H,2-3H2,1H3,(H2,14,15,16). The maximum atomic E-state index is 10.0. The van der Waals surface area contributed by atoms with E-state index in [1.165, 1.54) is 18.5 Å². The van der Waals surface area contributed by atoms with Gasteiger partial charge in [0, 0.05) is 35.4 Å². The average Bonchev–Trinajstić information content (AvgIpc) is 3.07. The maximum Gasteiger partial charge on any atom is 0.167 e. The van der Waals surface area contributed by atoms with E-state index in [9.17, 15) is 5.11 Å². The van der Waals surface area contributed by atoms with Crippen molar-refractivity contribution in [1.82, 2.24) is 15.1 Å². The van der Waals surface area contributed by atoms with Crippen molar-refractivity contribution in [1.29, 1.82) is 0 Å². The van der Waals surface area contributed by atoms with Crippen LogP contribution in [0.1, 0.15) is 24.5 Å². The summed E-state index contributed by atoms with van der Waals surface area (Å²) in [6, 6.07) is 2.01. The third-order valence-corrected chi connectivity index (χ3v) is 3.61. The fourth-order valence-corrected chi connectivity index (χ4v) is 2.57. The molecule has 1 atom stereocenters. The van der Waals surface area contributed by atoms with Gasteiger partial charge < -0.3 is 15.3 Å². The van der Waals surface area contributed by atoms with E-state index in [-0.39, 0.29) is 0 Å². The molecule has 1 fully saturated rings. The lowest BCUT2D eigenvalue weighted by Crippen LogP contribution is -2.34. The third kappa shape index (κ3) is 2.30. The first-order valence-electron chi connectivity index (χ1n) is 5.95. The Morgan fingerprint density at radius 3 is 3.06 bits per heavy atom. The number of rotatable bonds is 3. The summed E-state index contributed by atoms with van der Waals surface area (Å²) in [5.74, 6) is 1.39. The molecule has 0 bridgehead atoms. The Balaban J connectivity index is 1.76. The van der Waals surface area contributed by atoms with Crippen LogP contribution in [-0.2, 0) is 0 Å². The molecule has 5 nitrogen and oxygen atoms in total. The summed E-state index contributed by atoms with van der Waals surface area (Å²) >= 11 is 3.41. The number of nitrogens with one attached hydrogen (secondary N) is 2. The minimum atomic E-state index is -0.674. The second-order valence-corrected chi connectivity index (χ2v) is 5.68. The highest BCUT2D eigenvalue weighted by Crippen LogP contribution is 2.39. The second kappa shape index (κ2) is 4.44. The van der Waals surface area contributed by atoms with E-state index in [2.05, 4.69) is 31.4 Å². The number of nitrogens with zero attached hydrogens (tertiary/aromatic N) is 2. The Bertz CT molecular complexity index is 518. The molecule has 18 heavy (non-hydrogen) atoms. The molecule has 2 aliphatic rings. The molecule has 1 unspecified atom stereocenters. The molecule has 3 N–H and O–H groups in total. The fourth-order valence-electron chi connectivity index (χ4n) is 2.00. The number of likely N-dealkylation sites (N-methyl/N-ethyl adjacent to an activating group) is 1. The molecular weight excluding hydrogens is 296 g/mol. The van der Waals surface area contributed by atoms with Crippen LogP contribution in [0.2, 0.25) is 0 Å². The largest absolute Gasteiger partial charge is 0.368 e. The van der Waals surface area contributed by atoms with Crippen molar-refractivity contribution < 1.29 is 5.11 Å². The smallest absolute Gasteiger partial charge is 0.167 e. The van der Waals surface area contributed by atoms with Gasteiger partial charge in [-0.25, -0.2) is 0 Å². The van der Waals surface area contributed by atoms with Gasteiger partial charge in [0.25, 0.3) is 0 Å². The zero-order valence-corrected chi connectivity index (χ0v) is 11.6. The molecule has 1 aliphatic heterocycles. The molecule has 6 heteroatoms. The number of aliphatic hydroxyl groups excluding tert-OH is 1. The topological polar surface area (TPSA) is 64.2 Å². The number of hydrogen-bond donors (Lipinski definition) is 3. The molecule has 0 spiro atoms. The fraction of sp³-hybridized carbons (Fsp3) is 0.417. The normalized spacial score (nSPS) is 23.7. The second-order valence-electron chi connectivity index (χ2n) is 4.76. The van der Waals surface area contributed by atoms with Gasteiger partial charge in [-0.3, -0.25) is 5.10 Å². The van der Waals surface area contributed by atoms with Crippen LogP contribution in [0.5, 0.6) is 0 Å². The summed E-state index contributed by atoms with van der Waals surface area (Å²) < 4.78 is 0.913. The minimum absolute atomic E-state index is 0.646. The summed E-state index contributed by atoms with van der Waals surface area (Å²) in [6.45, 7) is 0. The quantitative estimate of drug-likeness (QED) is 0.800. The lowest BCUT2D eigenvalue weighted by atomic mass is 10.2. The maximum absolute atomic E-state index is 10.0. The number of aromatic amines is 1. The number of H-pyrrole nitrogens is 1. The van der Waals surface area contributed by atoms with Crippen LogP contribution in [0.15, 0.2) is 28.5 Å². The van der Waals surface area contributed by atoms with E-state index in [1.54, 1.807) is 4.90 Å². The first kappa shape index (κ1) is 11.8. The summed E-state index contributed by atoms with van der Waals surface area (Å²) in [6.07, 6.45) is 5.49. The van der Waals surface area contributed by atoms with Crippen molar-refractivity contribution in [2.45, 2.75) is 25.0 Å². The van der Waals surface area contributed by atoms with Gasteiger partial charge in [-0.05, 0) is 34.8 Å². The minimum Gasteiger partial charge on any atom is -0.368 e. The van der Waals surface area contributed by atoms with Crippen LogP contribution in [-0.4, -0.2) is 33.5 Å². The van der Waals surface area contributed by atoms with Crippen LogP contribution in [0.25, 0.3) is 0 Å². The van der Waals surface area contributed by atoms with Gasteiger partial charge in [0.2, 0.25) is 0 Å². The molecule has 1 aliphatic carbocycles. The number of hydrogen-bond acceptors (Lipinski definition) is 4. The van der Waals surface area contributed by atoms with Crippen molar-refractivity contribution in [2.24, 2.45) is 0 Å². The first-order chi connectivity index (χ1) is 8.63. The number of halogens is 1. The van der Waals surface area contributed by atoms with Gasteiger partial charge in [-0.2, -0.15) is 5.10 Å². The Morgan fingerprint density at radius 1 is 1.56 bits per heavy atom. The highest BCUT2D eigenvalue weighted by molar-refractivity contribution is 9.11. The van der Waals surface area contributed by atoms with Gasteiger partial charge in [-0.15, -0.1) is 0 Å². The van der Waals surface area contributed by atoms with Gasteiger partial charge >= 0.3 is 0 Å². The molecule has 0 aromatic carbocycles. The summed E-state index contributed by atoms with van der Waals surface area (Å²) in [4.78, 5) is 1.72. The zero-order valence-electron chi connectivity index (χ0n) is 10.0. The molecule has 0 saturated heterocycles. The predicted molar refractivity (Wildman–Crippen MR) is 73.0 cm³/mol. The van der Waals surface area contributed by atoms with E-state index >= 15 is 0 Å². The monoisotopic (exact) mass is 310 g/mol. The number of allylic oxidation sites excluding steroid dienone is 2. The summed E-state index contributed by atoms with van der Waals surface area (Å²) in [7, 11) is 1.82. The van der Waals surface area contributed by atoms with Gasteiger partial charge in [0.15, 0.2) is 12.0 Å². The van der Waals surface area contributed by atoms with Gasteiger partial charge in [0.05, 0.1) is 5.70 Å². The lowest BCUT2D eigenvalue weighted by Gasteiger charge is -2.28. The van der Waals surface area contributed by atoms with Gasteiger partial charge in [0.1, 0.15) is 0 Å². The van der Waals surface area contributed by atoms with E-state index in [4.69, 9.17) is 0 Å². The van der Waals surface area contributed by atoms with Crippen LogP contribution in [0.4, 0.5) is 5.82 Å². The average molecular weight is 311 g/mol. The Kier molecular flexibility index (Phi) is 2.91. The van der Waals surface area contributed by atoms with Crippen LogP contribution in [0.3, 0.4) is 0 Å². The molecule has 2 heterocycles. The zero-order chi connectivity index (χ0) is 12.7. The van der Waals surface area contributed by atoms with Crippen molar-refractivity contribution in [2.75, 3.05) is 12.4 Å². The van der Waals surface area contributed by atoms with Gasteiger partial charge in [-0.1, -0.05) is 0 Å². The van der Waals surface area contributed by atoms with Crippen LogP contribution in [0, 0.1) is 0 Å². The van der Waals surface area contributed by atoms with Crippen LogP contribution < -0.4 is 5.32 Å². The van der Waals surface area contributed by atoms with E-state index < -0.39 is 6.23 Å². The first-order valence-corrected chi connectivity index (χ1v) is 6.74. The third-order valence-electron chi connectivity index (χ3n) is 3.17. The van der Waals surface area contributed by atoms with E-state index in [0.29, 0.717) is 11.6 Å².